The zero-order chi connectivity index (χ0) is 20.3. The maximum atomic E-state index is 13.6. The number of rotatable bonds is 7. The smallest absolute Gasteiger partial charge is 0.264 e. The summed E-state index contributed by atoms with van der Waals surface area (Å²) in [4.78, 5) is 14.3. The average molecular weight is 406 g/mol. The first-order chi connectivity index (χ1) is 13.4. The number of carbonyl (C=O) groups is 1. The van der Waals surface area contributed by atoms with Crippen molar-refractivity contribution in [1.29, 1.82) is 0 Å². The molecule has 0 N–H and O–H groups in total. The van der Waals surface area contributed by atoms with Crippen molar-refractivity contribution in [2.45, 2.75) is 25.2 Å². The van der Waals surface area contributed by atoms with Crippen LogP contribution in [0.15, 0.2) is 47.4 Å². The van der Waals surface area contributed by atoms with Gasteiger partial charge in [-0.3, -0.25) is 4.79 Å². The summed E-state index contributed by atoms with van der Waals surface area (Å²) in [5, 5.41) is 0. The standard InChI is InChI=1S/C20H23FN2O4S/c1-3-22(4-2)28(25,26)16-9-10-18-15(13-16)11-12-23(18)20(24)14-27-19-8-6-5-7-17(19)21/h5-10,13H,3-4,11-12,14H2,1-2H3. The molecule has 0 aromatic heterocycles. The molecule has 0 radical (unpaired) electrons. The second-order valence-electron chi connectivity index (χ2n) is 6.39. The molecule has 2 aromatic rings. The quantitative estimate of drug-likeness (QED) is 0.709. The van der Waals surface area contributed by atoms with Crippen LogP contribution in [-0.2, 0) is 21.2 Å². The van der Waals surface area contributed by atoms with Crippen LogP contribution in [0.5, 0.6) is 5.75 Å². The van der Waals surface area contributed by atoms with Gasteiger partial charge in [0.25, 0.3) is 5.91 Å². The first kappa shape index (κ1) is 20.3. The number of benzene rings is 2. The maximum Gasteiger partial charge on any atom is 0.264 e. The molecule has 1 heterocycles. The molecule has 6 nitrogen and oxygen atoms in total. The van der Waals surface area contributed by atoms with Gasteiger partial charge >= 0.3 is 0 Å². The van der Waals surface area contributed by atoms with E-state index in [0.29, 0.717) is 31.7 Å². The van der Waals surface area contributed by atoms with Crippen LogP contribution in [0.3, 0.4) is 0 Å². The Labute approximate surface area is 164 Å². The van der Waals surface area contributed by atoms with Crippen molar-refractivity contribution < 1.29 is 22.3 Å². The van der Waals surface area contributed by atoms with E-state index in [4.69, 9.17) is 4.74 Å². The fraction of sp³-hybridized carbons (Fsp3) is 0.350. The van der Waals surface area contributed by atoms with Gasteiger partial charge in [-0.05, 0) is 42.3 Å². The molecule has 0 unspecified atom stereocenters. The van der Waals surface area contributed by atoms with Gasteiger partial charge in [0.1, 0.15) is 0 Å². The minimum atomic E-state index is -3.55. The van der Waals surface area contributed by atoms with Gasteiger partial charge in [-0.25, -0.2) is 12.8 Å². The van der Waals surface area contributed by atoms with Crippen molar-refractivity contribution in [3.63, 3.8) is 0 Å². The number of carbonyl (C=O) groups excluding carboxylic acids is 1. The van der Waals surface area contributed by atoms with Crippen molar-refractivity contribution in [2.24, 2.45) is 0 Å². The normalized spacial score (nSPS) is 13.6. The first-order valence-corrected chi connectivity index (χ1v) is 10.6. The number of para-hydroxylation sites is 1. The van der Waals surface area contributed by atoms with E-state index >= 15 is 0 Å². The molecule has 3 rings (SSSR count). The number of fused-ring (bicyclic) bond motifs is 1. The fourth-order valence-corrected chi connectivity index (χ4v) is 4.80. The van der Waals surface area contributed by atoms with Gasteiger partial charge in [0.05, 0.1) is 4.90 Å². The predicted molar refractivity (Wildman–Crippen MR) is 105 cm³/mol. The van der Waals surface area contributed by atoms with Gasteiger partial charge in [0, 0.05) is 25.3 Å². The molecule has 0 saturated carbocycles. The number of sulfonamides is 1. The van der Waals surface area contributed by atoms with Crippen LogP contribution >= 0.6 is 0 Å². The third-order valence-corrected chi connectivity index (χ3v) is 6.82. The van der Waals surface area contributed by atoms with Gasteiger partial charge < -0.3 is 9.64 Å². The van der Waals surface area contributed by atoms with Crippen LogP contribution in [0.1, 0.15) is 19.4 Å². The van der Waals surface area contributed by atoms with Gasteiger partial charge in [0.2, 0.25) is 10.0 Å². The van der Waals surface area contributed by atoms with Crippen LogP contribution in [0, 0.1) is 5.82 Å². The number of hydrogen-bond donors (Lipinski definition) is 0. The molecule has 0 bridgehead atoms. The van der Waals surface area contributed by atoms with E-state index in [1.807, 2.05) is 0 Å². The van der Waals surface area contributed by atoms with E-state index in [2.05, 4.69) is 0 Å². The number of nitrogens with zero attached hydrogens (tertiary/aromatic N) is 2. The Hall–Kier alpha value is -2.45. The summed E-state index contributed by atoms with van der Waals surface area (Å²) < 4.78 is 45.7. The van der Waals surface area contributed by atoms with Crippen molar-refractivity contribution in [2.75, 3.05) is 31.1 Å². The molecular formula is C20H23FN2O4S. The molecule has 1 aliphatic heterocycles. The molecule has 0 fully saturated rings. The minimum Gasteiger partial charge on any atom is -0.481 e. The zero-order valence-electron chi connectivity index (χ0n) is 15.9. The van der Waals surface area contributed by atoms with Gasteiger partial charge in [-0.1, -0.05) is 26.0 Å². The second kappa shape index (κ2) is 8.28. The van der Waals surface area contributed by atoms with Crippen molar-refractivity contribution in [1.82, 2.24) is 4.31 Å². The van der Waals surface area contributed by atoms with Crippen molar-refractivity contribution in [3.05, 3.63) is 53.8 Å². The lowest BCUT2D eigenvalue weighted by Gasteiger charge is -2.20. The molecule has 28 heavy (non-hydrogen) atoms. The van der Waals surface area contributed by atoms with E-state index < -0.39 is 15.8 Å². The van der Waals surface area contributed by atoms with Gasteiger partial charge in [-0.2, -0.15) is 4.31 Å². The van der Waals surface area contributed by atoms with Crippen LogP contribution in [0.25, 0.3) is 0 Å². The molecule has 1 aliphatic rings. The van der Waals surface area contributed by atoms with Crippen LogP contribution in [0.4, 0.5) is 10.1 Å². The predicted octanol–water partition coefficient (Wildman–Crippen LogP) is 2.82. The first-order valence-electron chi connectivity index (χ1n) is 9.19. The van der Waals surface area contributed by atoms with Crippen molar-refractivity contribution >= 4 is 21.6 Å². The van der Waals surface area contributed by atoms with E-state index in [9.17, 15) is 17.6 Å². The highest BCUT2D eigenvalue weighted by atomic mass is 32.2. The lowest BCUT2D eigenvalue weighted by molar-refractivity contribution is -0.120. The largest absolute Gasteiger partial charge is 0.481 e. The lowest BCUT2D eigenvalue weighted by atomic mass is 10.2. The zero-order valence-corrected chi connectivity index (χ0v) is 16.7. The number of halogens is 1. The van der Waals surface area contributed by atoms with Crippen LogP contribution in [-0.4, -0.2) is 44.9 Å². The molecule has 150 valence electrons. The second-order valence-corrected chi connectivity index (χ2v) is 8.33. The maximum absolute atomic E-state index is 13.6. The van der Waals surface area contributed by atoms with Gasteiger partial charge in [0.15, 0.2) is 18.2 Å². The topological polar surface area (TPSA) is 66.9 Å². The Balaban J connectivity index is 1.76. The molecule has 2 aromatic carbocycles. The molecule has 1 amide bonds. The summed E-state index contributed by atoms with van der Waals surface area (Å²) in [7, 11) is -3.55. The van der Waals surface area contributed by atoms with E-state index in [1.165, 1.54) is 22.5 Å². The Kier molecular flexibility index (Phi) is 6.00. The molecule has 0 saturated heterocycles. The molecule has 0 spiro atoms. The molecule has 0 atom stereocenters. The number of ether oxygens (including phenoxy) is 1. The summed E-state index contributed by atoms with van der Waals surface area (Å²) in [6, 6.07) is 10.7. The van der Waals surface area contributed by atoms with Crippen LogP contribution in [0.2, 0.25) is 0 Å². The molecular weight excluding hydrogens is 383 g/mol. The summed E-state index contributed by atoms with van der Waals surface area (Å²) in [5.74, 6) is -0.805. The van der Waals surface area contributed by atoms with E-state index in [1.54, 1.807) is 43.0 Å². The highest BCUT2D eigenvalue weighted by Gasteiger charge is 2.28. The number of amides is 1. The Bertz CT molecular complexity index is 974. The number of anilines is 1. The highest BCUT2D eigenvalue weighted by Crippen LogP contribution is 2.31. The van der Waals surface area contributed by atoms with Gasteiger partial charge in [-0.15, -0.1) is 0 Å². The van der Waals surface area contributed by atoms with E-state index in [-0.39, 0.29) is 23.2 Å². The Morgan fingerprint density at radius 3 is 2.57 bits per heavy atom. The third kappa shape index (κ3) is 3.88. The average Bonchev–Trinajstić information content (AvgIpc) is 3.11. The van der Waals surface area contributed by atoms with Crippen molar-refractivity contribution in [3.8, 4) is 5.75 Å². The Morgan fingerprint density at radius 2 is 1.89 bits per heavy atom. The summed E-state index contributed by atoms with van der Waals surface area (Å²) in [6.45, 7) is 4.53. The molecule has 8 heteroatoms. The molecule has 0 aliphatic carbocycles. The minimum absolute atomic E-state index is 0.0240. The fourth-order valence-electron chi connectivity index (χ4n) is 3.29. The SMILES string of the molecule is CCN(CC)S(=O)(=O)c1ccc2c(c1)CCN2C(=O)COc1ccccc1F. The summed E-state index contributed by atoms with van der Waals surface area (Å²) >= 11 is 0. The monoisotopic (exact) mass is 406 g/mol. The lowest BCUT2D eigenvalue weighted by Crippen LogP contribution is -2.33. The van der Waals surface area contributed by atoms with E-state index in [0.717, 1.165) is 5.56 Å². The summed E-state index contributed by atoms with van der Waals surface area (Å²) in [5.41, 5.74) is 1.47. The summed E-state index contributed by atoms with van der Waals surface area (Å²) in [6.07, 6.45) is 0.558. The highest BCUT2D eigenvalue weighted by molar-refractivity contribution is 7.89. The van der Waals surface area contributed by atoms with Crippen LogP contribution < -0.4 is 9.64 Å². The number of hydrogen-bond acceptors (Lipinski definition) is 4. The third-order valence-electron chi connectivity index (χ3n) is 4.78. The Morgan fingerprint density at radius 1 is 1.18 bits per heavy atom.